The maximum atomic E-state index is 12.5. The lowest BCUT2D eigenvalue weighted by molar-refractivity contribution is -0.141. The highest BCUT2D eigenvalue weighted by Crippen LogP contribution is 2.34. The molecule has 0 aliphatic rings. The van der Waals surface area contributed by atoms with E-state index in [0.29, 0.717) is 5.56 Å². The van der Waals surface area contributed by atoms with Crippen LogP contribution in [-0.4, -0.2) is 5.16 Å². The molecule has 0 saturated heterocycles. The maximum Gasteiger partial charge on any atom is 0.437 e. The van der Waals surface area contributed by atoms with Crippen LogP contribution < -0.4 is 5.73 Å². The Hall–Kier alpha value is -1.56. The number of rotatable bonds is 1. The van der Waals surface area contributed by atoms with Gasteiger partial charge >= 0.3 is 6.18 Å². The lowest BCUT2D eigenvalue weighted by atomic mass is 10.1. The summed E-state index contributed by atoms with van der Waals surface area (Å²) >= 11 is 0. The number of nitrogens with two attached hydrogens (primary N) is 1. The fourth-order valence-corrected chi connectivity index (χ4v) is 1.44. The van der Waals surface area contributed by atoms with Gasteiger partial charge in [0.1, 0.15) is 0 Å². The van der Waals surface area contributed by atoms with Crippen LogP contribution in [-0.2, 0) is 6.18 Å². The number of benzene rings is 1. The van der Waals surface area contributed by atoms with E-state index in [-0.39, 0.29) is 17.0 Å². The van der Waals surface area contributed by atoms with Gasteiger partial charge in [0.15, 0.2) is 11.3 Å². The predicted octanol–water partition coefficient (Wildman–Crippen LogP) is 2.87. The van der Waals surface area contributed by atoms with Crippen LogP contribution in [0.1, 0.15) is 24.2 Å². The monoisotopic (exact) mass is 230 g/mol. The van der Waals surface area contributed by atoms with Crippen molar-refractivity contribution in [1.29, 1.82) is 0 Å². The first kappa shape index (κ1) is 10.9. The maximum absolute atomic E-state index is 12.5. The van der Waals surface area contributed by atoms with Crippen molar-refractivity contribution in [2.45, 2.75) is 19.1 Å². The van der Waals surface area contributed by atoms with E-state index >= 15 is 0 Å². The van der Waals surface area contributed by atoms with Crippen LogP contribution in [0.4, 0.5) is 13.2 Å². The molecule has 0 spiro atoms. The second kappa shape index (κ2) is 3.48. The number of halogens is 3. The Labute approximate surface area is 89.0 Å². The Balaban J connectivity index is 2.65. The van der Waals surface area contributed by atoms with Crippen LogP contribution in [0, 0.1) is 0 Å². The van der Waals surface area contributed by atoms with Crippen molar-refractivity contribution in [2.24, 2.45) is 5.73 Å². The van der Waals surface area contributed by atoms with Gasteiger partial charge in [0.2, 0.25) is 0 Å². The molecule has 1 unspecified atom stereocenters. The van der Waals surface area contributed by atoms with Crippen molar-refractivity contribution in [2.75, 3.05) is 0 Å². The van der Waals surface area contributed by atoms with Gasteiger partial charge in [0.05, 0.1) is 5.39 Å². The van der Waals surface area contributed by atoms with Gasteiger partial charge in [-0.05, 0) is 24.6 Å². The molecule has 0 amide bonds. The molecular formula is C10H9F3N2O. The number of hydrogen-bond acceptors (Lipinski definition) is 3. The highest BCUT2D eigenvalue weighted by Gasteiger charge is 2.37. The Kier molecular flexibility index (Phi) is 2.38. The molecule has 1 aromatic heterocycles. The van der Waals surface area contributed by atoms with Crippen LogP contribution in [0.5, 0.6) is 0 Å². The lowest BCUT2D eigenvalue weighted by Gasteiger charge is -2.05. The third-order valence-electron chi connectivity index (χ3n) is 2.29. The van der Waals surface area contributed by atoms with E-state index in [1.165, 1.54) is 12.1 Å². The molecule has 0 saturated carbocycles. The van der Waals surface area contributed by atoms with Gasteiger partial charge in [-0.3, -0.25) is 0 Å². The van der Waals surface area contributed by atoms with E-state index in [0.717, 1.165) is 0 Å². The molecule has 0 fully saturated rings. The number of hydrogen-bond donors (Lipinski definition) is 1. The topological polar surface area (TPSA) is 52.0 Å². The highest BCUT2D eigenvalue weighted by molar-refractivity contribution is 5.80. The molecular weight excluding hydrogens is 221 g/mol. The van der Waals surface area contributed by atoms with Gasteiger partial charge in [0.25, 0.3) is 0 Å². The molecule has 0 aliphatic heterocycles. The van der Waals surface area contributed by atoms with Crippen molar-refractivity contribution in [3.05, 3.63) is 29.5 Å². The van der Waals surface area contributed by atoms with E-state index in [1.54, 1.807) is 13.0 Å². The SMILES string of the molecule is CC(N)c1ccc2onc(C(F)(F)F)c2c1. The second-order valence-electron chi connectivity index (χ2n) is 3.57. The Morgan fingerprint density at radius 3 is 2.62 bits per heavy atom. The van der Waals surface area contributed by atoms with Crippen molar-refractivity contribution in [3.63, 3.8) is 0 Å². The first-order valence-electron chi connectivity index (χ1n) is 4.61. The minimum Gasteiger partial charge on any atom is -0.356 e. The third-order valence-corrected chi connectivity index (χ3v) is 2.29. The lowest BCUT2D eigenvalue weighted by Crippen LogP contribution is -2.07. The van der Waals surface area contributed by atoms with E-state index in [9.17, 15) is 13.2 Å². The molecule has 2 aromatic rings. The first-order valence-corrected chi connectivity index (χ1v) is 4.61. The normalized spacial score (nSPS) is 14.3. The zero-order valence-corrected chi connectivity index (χ0v) is 8.38. The average Bonchev–Trinajstić information content (AvgIpc) is 2.58. The molecule has 16 heavy (non-hydrogen) atoms. The van der Waals surface area contributed by atoms with Crippen molar-refractivity contribution in [3.8, 4) is 0 Å². The number of aromatic nitrogens is 1. The molecule has 1 aromatic carbocycles. The minimum absolute atomic E-state index is 0.0534. The fraction of sp³-hybridized carbons (Fsp3) is 0.300. The van der Waals surface area contributed by atoms with Crippen LogP contribution in [0.15, 0.2) is 22.7 Å². The quantitative estimate of drug-likeness (QED) is 0.819. The predicted molar refractivity (Wildman–Crippen MR) is 51.6 cm³/mol. The van der Waals surface area contributed by atoms with Crippen LogP contribution >= 0.6 is 0 Å². The van der Waals surface area contributed by atoms with Gasteiger partial charge in [-0.2, -0.15) is 13.2 Å². The van der Waals surface area contributed by atoms with E-state index in [4.69, 9.17) is 5.73 Å². The molecule has 2 rings (SSSR count). The Bertz CT molecular complexity index is 516. The summed E-state index contributed by atoms with van der Waals surface area (Å²) in [5.74, 6) is 0. The van der Waals surface area contributed by atoms with Crippen LogP contribution in [0.3, 0.4) is 0 Å². The smallest absolute Gasteiger partial charge is 0.356 e. The van der Waals surface area contributed by atoms with Crippen LogP contribution in [0.2, 0.25) is 0 Å². The van der Waals surface area contributed by atoms with Crippen molar-refractivity contribution in [1.82, 2.24) is 5.16 Å². The Morgan fingerprint density at radius 1 is 1.38 bits per heavy atom. The molecule has 0 radical (unpaired) electrons. The molecule has 6 heteroatoms. The van der Waals surface area contributed by atoms with E-state index in [2.05, 4.69) is 9.68 Å². The second-order valence-corrected chi connectivity index (χ2v) is 3.57. The standard InChI is InChI=1S/C10H9F3N2O/c1-5(14)6-2-3-8-7(4-6)9(15-16-8)10(11,12)13/h2-5H,14H2,1H3. The third kappa shape index (κ3) is 1.76. The summed E-state index contributed by atoms with van der Waals surface area (Å²) in [7, 11) is 0. The summed E-state index contributed by atoms with van der Waals surface area (Å²) < 4.78 is 42.2. The molecule has 1 atom stereocenters. The zero-order valence-electron chi connectivity index (χ0n) is 8.38. The minimum atomic E-state index is -4.51. The van der Waals surface area contributed by atoms with Crippen molar-refractivity contribution >= 4 is 11.0 Å². The van der Waals surface area contributed by atoms with Gasteiger partial charge in [0, 0.05) is 6.04 Å². The molecule has 0 bridgehead atoms. The summed E-state index contributed by atoms with van der Waals surface area (Å²) in [6.07, 6.45) is -4.51. The summed E-state index contributed by atoms with van der Waals surface area (Å²) in [5.41, 5.74) is 5.31. The number of nitrogens with zero attached hydrogens (tertiary/aromatic N) is 1. The van der Waals surface area contributed by atoms with Gasteiger partial charge in [-0.15, -0.1) is 0 Å². The summed E-state index contributed by atoms with van der Waals surface area (Å²) in [6.45, 7) is 1.70. The highest BCUT2D eigenvalue weighted by atomic mass is 19.4. The molecule has 86 valence electrons. The van der Waals surface area contributed by atoms with Crippen molar-refractivity contribution < 1.29 is 17.7 Å². The zero-order chi connectivity index (χ0) is 11.9. The molecule has 2 N–H and O–H groups in total. The first-order chi connectivity index (χ1) is 7.39. The van der Waals surface area contributed by atoms with Gasteiger partial charge in [-0.1, -0.05) is 11.2 Å². The molecule has 0 aliphatic carbocycles. The Morgan fingerprint density at radius 2 is 2.06 bits per heavy atom. The van der Waals surface area contributed by atoms with Crippen LogP contribution in [0.25, 0.3) is 11.0 Å². The molecule has 1 heterocycles. The summed E-state index contributed by atoms with van der Waals surface area (Å²) in [4.78, 5) is 0. The number of fused-ring (bicyclic) bond motifs is 1. The average molecular weight is 230 g/mol. The summed E-state index contributed by atoms with van der Waals surface area (Å²) in [5, 5.41) is 2.97. The molecule has 3 nitrogen and oxygen atoms in total. The van der Waals surface area contributed by atoms with Gasteiger partial charge in [-0.25, -0.2) is 0 Å². The fourth-order valence-electron chi connectivity index (χ4n) is 1.44. The largest absolute Gasteiger partial charge is 0.437 e. The van der Waals surface area contributed by atoms with E-state index < -0.39 is 11.9 Å². The van der Waals surface area contributed by atoms with E-state index in [1.807, 2.05) is 0 Å². The summed E-state index contributed by atoms with van der Waals surface area (Å²) in [6, 6.07) is 4.09. The van der Waals surface area contributed by atoms with Gasteiger partial charge < -0.3 is 10.3 Å². The number of alkyl halides is 3.